The lowest BCUT2D eigenvalue weighted by Crippen LogP contribution is -2.56. The Morgan fingerprint density at radius 2 is 2.39 bits per heavy atom. The zero-order chi connectivity index (χ0) is 13.0. The molecule has 18 heavy (non-hydrogen) atoms. The molecule has 0 aromatic heterocycles. The van der Waals surface area contributed by atoms with E-state index < -0.39 is 11.2 Å². The monoisotopic (exact) mass is 273 g/mol. The van der Waals surface area contributed by atoms with E-state index in [1.165, 1.54) is 12.4 Å². The number of carbonyl (C=O) groups is 1. The molecule has 0 saturated carbocycles. The molecule has 0 amide bonds. The minimum atomic E-state index is -1.03. The normalized spacial score (nSPS) is 28.4. The maximum absolute atomic E-state index is 11.5. The van der Waals surface area contributed by atoms with Crippen LogP contribution in [0.4, 0.5) is 0 Å². The second kappa shape index (κ2) is 5.69. The fraction of sp³-hybridized carbons (Fsp3) is 0.636. The highest BCUT2D eigenvalue weighted by atomic mass is 35.5. The average Bonchev–Trinajstić information content (AvgIpc) is 2.41. The molecular weight excluding hydrogens is 258 g/mol. The third-order valence-electron chi connectivity index (χ3n) is 2.73. The maximum Gasteiger partial charge on any atom is 0.341 e. The van der Waals surface area contributed by atoms with Crippen LogP contribution >= 0.6 is 11.6 Å². The molecule has 100 valence electrons. The van der Waals surface area contributed by atoms with Gasteiger partial charge in [0, 0.05) is 25.5 Å². The molecule has 2 heterocycles. The highest BCUT2D eigenvalue weighted by Gasteiger charge is 2.36. The van der Waals surface area contributed by atoms with E-state index in [9.17, 15) is 4.79 Å². The van der Waals surface area contributed by atoms with Gasteiger partial charge in [-0.25, -0.2) is 14.7 Å². The lowest BCUT2D eigenvalue weighted by atomic mass is 10.3. The Morgan fingerprint density at radius 1 is 1.67 bits per heavy atom. The number of nitrogens with one attached hydrogen (secondary N) is 1. The number of carbonyl (C=O) groups excluding carboxylic acids is 1. The summed E-state index contributed by atoms with van der Waals surface area (Å²) < 4.78 is 10.1. The van der Waals surface area contributed by atoms with Gasteiger partial charge in [-0.1, -0.05) is 11.6 Å². The maximum atomic E-state index is 11.5. The molecule has 1 N–H and O–H groups in total. The predicted molar refractivity (Wildman–Crippen MR) is 67.3 cm³/mol. The molecule has 1 unspecified atom stereocenters. The van der Waals surface area contributed by atoms with E-state index in [2.05, 4.69) is 10.3 Å². The molecule has 0 bridgehead atoms. The van der Waals surface area contributed by atoms with Gasteiger partial charge < -0.3 is 14.8 Å². The van der Waals surface area contributed by atoms with E-state index in [0.29, 0.717) is 38.5 Å². The first-order chi connectivity index (χ1) is 8.65. The summed E-state index contributed by atoms with van der Waals surface area (Å²) in [6.45, 7) is 4.72. The van der Waals surface area contributed by atoms with Crippen LogP contribution in [0.1, 0.15) is 6.92 Å². The van der Waals surface area contributed by atoms with Crippen molar-refractivity contribution in [3.05, 3.63) is 11.8 Å². The summed E-state index contributed by atoms with van der Waals surface area (Å²) >= 11 is 6.37. The van der Waals surface area contributed by atoms with Crippen LogP contribution in [0.2, 0.25) is 0 Å². The number of rotatable bonds is 3. The van der Waals surface area contributed by atoms with E-state index in [0.717, 1.165) is 0 Å². The molecule has 1 atom stereocenters. The summed E-state index contributed by atoms with van der Waals surface area (Å²) in [4.78, 5) is 17.6. The van der Waals surface area contributed by atoms with Crippen molar-refractivity contribution in [2.75, 3.05) is 32.9 Å². The number of ether oxygens (including phenoxy) is 2. The standard InChI is InChI=1S/C11H16ClN3O3/c1-2-18-10(16)9-7-13-11(12,14-8-9)15-3-5-17-6-4-15/h7-8,13H,2-6H2,1H3. The van der Waals surface area contributed by atoms with Gasteiger partial charge in [0.2, 0.25) is 0 Å². The van der Waals surface area contributed by atoms with Gasteiger partial charge in [-0.05, 0) is 6.92 Å². The topological polar surface area (TPSA) is 63.2 Å². The van der Waals surface area contributed by atoms with Crippen molar-refractivity contribution in [2.24, 2.45) is 4.99 Å². The van der Waals surface area contributed by atoms with Crippen molar-refractivity contribution >= 4 is 23.8 Å². The molecule has 0 radical (unpaired) electrons. The molecule has 0 aromatic carbocycles. The second-order valence-electron chi connectivity index (χ2n) is 3.91. The van der Waals surface area contributed by atoms with E-state index in [-0.39, 0.29) is 0 Å². The van der Waals surface area contributed by atoms with Crippen molar-refractivity contribution in [1.29, 1.82) is 0 Å². The van der Waals surface area contributed by atoms with E-state index >= 15 is 0 Å². The van der Waals surface area contributed by atoms with Gasteiger partial charge >= 0.3 is 5.97 Å². The molecule has 6 nitrogen and oxygen atoms in total. The summed E-state index contributed by atoms with van der Waals surface area (Å²) in [7, 11) is 0. The van der Waals surface area contributed by atoms with E-state index in [1.807, 2.05) is 4.90 Å². The van der Waals surface area contributed by atoms with Gasteiger partial charge in [-0.3, -0.25) is 0 Å². The van der Waals surface area contributed by atoms with Crippen LogP contribution in [-0.2, 0) is 14.3 Å². The van der Waals surface area contributed by atoms with Crippen LogP contribution in [0.5, 0.6) is 0 Å². The summed E-state index contributed by atoms with van der Waals surface area (Å²) in [6, 6.07) is 0. The summed E-state index contributed by atoms with van der Waals surface area (Å²) in [6.07, 6.45) is 2.98. The van der Waals surface area contributed by atoms with Gasteiger partial charge in [-0.2, -0.15) is 0 Å². The Bertz CT molecular complexity index is 380. The second-order valence-corrected chi connectivity index (χ2v) is 4.44. The molecule has 7 heteroatoms. The Labute approximate surface area is 111 Å². The van der Waals surface area contributed by atoms with E-state index in [1.54, 1.807) is 6.92 Å². The summed E-state index contributed by atoms with van der Waals surface area (Å²) in [5.41, 5.74) is 0.362. The van der Waals surface area contributed by atoms with Crippen molar-refractivity contribution < 1.29 is 14.3 Å². The number of esters is 1. The molecule has 2 aliphatic rings. The molecule has 2 aliphatic heterocycles. The van der Waals surface area contributed by atoms with E-state index in [4.69, 9.17) is 21.1 Å². The molecular formula is C11H16ClN3O3. The van der Waals surface area contributed by atoms with Gasteiger partial charge in [0.25, 0.3) is 5.25 Å². The average molecular weight is 274 g/mol. The highest BCUT2D eigenvalue weighted by molar-refractivity contribution is 6.24. The quantitative estimate of drug-likeness (QED) is 0.455. The Morgan fingerprint density at radius 3 is 2.94 bits per heavy atom. The number of aliphatic imine (C=N–C) groups is 1. The summed E-state index contributed by atoms with van der Waals surface area (Å²) in [5.74, 6) is -0.408. The van der Waals surface area contributed by atoms with Crippen LogP contribution in [0.25, 0.3) is 0 Å². The number of hydrogen-bond acceptors (Lipinski definition) is 6. The largest absolute Gasteiger partial charge is 0.462 e. The van der Waals surface area contributed by atoms with Crippen LogP contribution < -0.4 is 5.32 Å². The molecule has 0 spiro atoms. The number of morpholine rings is 1. The Kier molecular flexibility index (Phi) is 4.21. The fourth-order valence-electron chi connectivity index (χ4n) is 1.76. The van der Waals surface area contributed by atoms with Gasteiger partial charge in [0.15, 0.2) is 0 Å². The van der Waals surface area contributed by atoms with Crippen LogP contribution in [0, 0.1) is 0 Å². The zero-order valence-corrected chi connectivity index (χ0v) is 10.9. The van der Waals surface area contributed by atoms with Gasteiger partial charge in [-0.15, -0.1) is 0 Å². The van der Waals surface area contributed by atoms with Crippen molar-refractivity contribution in [3.8, 4) is 0 Å². The van der Waals surface area contributed by atoms with Crippen LogP contribution in [0.3, 0.4) is 0 Å². The third kappa shape index (κ3) is 2.82. The predicted octanol–water partition coefficient (Wildman–Crippen LogP) is 0.290. The number of hydrogen-bond donors (Lipinski definition) is 1. The molecule has 1 saturated heterocycles. The zero-order valence-electron chi connectivity index (χ0n) is 10.2. The third-order valence-corrected chi connectivity index (χ3v) is 3.17. The molecule has 2 rings (SSSR count). The minimum Gasteiger partial charge on any atom is -0.462 e. The SMILES string of the molecule is CCOC(=O)C1=CNC(Cl)(N2CCOCC2)N=C1. The number of halogens is 1. The Balaban J connectivity index is 2.00. The lowest BCUT2D eigenvalue weighted by molar-refractivity contribution is -0.137. The lowest BCUT2D eigenvalue weighted by Gasteiger charge is -2.39. The van der Waals surface area contributed by atoms with Crippen molar-refractivity contribution in [3.63, 3.8) is 0 Å². The van der Waals surface area contributed by atoms with Crippen LogP contribution in [0.15, 0.2) is 16.8 Å². The van der Waals surface area contributed by atoms with Crippen molar-refractivity contribution in [1.82, 2.24) is 10.2 Å². The number of nitrogens with zero attached hydrogens (tertiary/aromatic N) is 2. The van der Waals surface area contributed by atoms with Crippen molar-refractivity contribution in [2.45, 2.75) is 12.2 Å². The smallest absolute Gasteiger partial charge is 0.341 e. The molecule has 0 aliphatic carbocycles. The first-order valence-corrected chi connectivity index (χ1v) is 6.25. The Hall–Kier alpha value is -1.11. The van der Waals surface area contributed by atoms with Gasteiger partial charge in [0.1, 0.15) is 0 Å². The fourth-order valence-corrected chi connectivity index (χ4v) is 2.03. The molecule has 1 fully saturated rings. The molecule has 0 aromatic rings. The first-order valence-electron chi connectivity index (χ1n) is 5.87. The summed E-state index contributed by atoms with van der Waals surface area (Å²) in [5, 5.41) is 1.90. The van der Waals surface area contributed by atoms with Crippen LogP contribution in [-0.4, -0.2) is 55.2 Å². The minimum absolute atomic E-state index is 0.333. The number of alkyl halides is 1. The first kappa shape index (κ1) is 13.3. The van der Waals surface area contributed by atoms with Gasteiger partial charge in [0.05, 0.1) is 25.4 Å². The highest BCUT2D eigenvalue weighted by Crippen LogP contribution is 2.23.